The van der Waals surface area contributed by atoms with E-state index in [-0.39, 0.29) is 0 Å². The third kappa shape index (κ3) is 1.92. The molecule has 0 fully saturated rings. The lowest BCUT2D eigenvalue weighted by molar-refractivity contribution is 0.889. The molecule has 15 heavy (non-hydrogen) atoms. The smallest absolute Gasteiger partial charge is 0.172 e. The van der Waals surface area contributed by atoms with E-state index in [1.54, 1.807) is 11.8 Å². The van der Waals surface area contributed by atoms with E-state index in [1.165, 1.54) is 16.8 Å². The topological polar surface area (TPSA) is 17.8 Å². The third-order valence-corrected chi connectivity index (χ3v) is 3.07. The summed E-state index contributed by atoms with van der Waals surface area (Å²) in [5.74, 6) is 0. The Morgan fingerprint density at radius 1 is 1.27 bits per heavy atom. The van der Waals surface area contributed by atoms with Crippen molar-refractivity contribution in [2.75, 3.05) is 6.26 Å². The van der Waals surface area contributed by atoms with Gasteiger partial charge in [-0.05, 0) is 31.7 Å². The van der Waals surface area contributed by atoms with Gasteiger partial charge in [0.25, 0.3) is 0 Å². The molecule has 2 aromatic rings. The molecule has 0 spiro atoms. The van der Waals surface area contributed by atoms with E-state index in [0.717, 1.165) is 5.16 Å². The van der Waals surface area contributed by atoms with Crippen LogP contribution in [0.2, 0.25) is 0 Å². The Hall–Kier alpha value is -1.22. The Labute approximate surface area is 94.3 Å². The maximum absolute atomic E-state index is 4.30. The summed E-state index contributed by atoms with van der Waals surface area (Å²) in [5.41, 5.74) is 3.79. The van der Waals surface area contributed by atoms with Crippen LogP contribution in [0, 0.1) is 13.8 Å². The highest BCUT2D eigenvalue weighted by atomic mass is 32.2. The average molecular weight is 218 g/mol. The molecule has 1 aromatic carbocycles. The van der Waals surface area contributed by atoms with Crippen molar-refractivity contribution < 1.29 is 0 Å². The van der Waals surface area contributed by atoms with Gasteiger partial charge in [-0.25, -0.2) is 4.98 Å². The van der Waals surface area contributed by atoms with E-state index in [0.29, 0.717) is 0 Å². The first-order valence-electron chi connectivity index (χ1n) is 4.87. The van der Waals surface area contributed by atoms with Crippen molar-refractivity contribution in [1.82, 2.24) is 9.55 Å². The first-order valence-corrected chi connectivity index (χ1v) is 6.10. The van der Waals surface area contributed by atoms with Gasteiger partial charge in [0.1, 0.15) is 0 Å². The normalized spacial score (nSPS) is 10.6. The predicted molar refractivity (Wildman–Crippen MR) is 64.8 cm³/mol. The molecule has 0 radical (unpaired) electrons. The lowest BCUT2D eigenvalue weighted by Crippen LogP contribution is -1.97. The molecule has 0 bridgehead atoms. The SMILES string of the molecule is CSc1nccn1-c1ccc(C)cc1C. The third-order valence-electron chi connectivity index (χ3n) is 2.40. The fourth-order valence-corrected chi connectivity index (χ4v) is 2.22. The van der Waals surface area contributed by atoms with Gasteiger partial charge in [0.15, 0.2) is 5.16 Å². The molecule has 0 saturated heterocycles. The van der Waals surface area contributed by atoms with E-state index in [2.05, 4.69) is 41.6 Å². The van der Waals surface area contributed by atoms with Crippen molar-refractivity contribution in [3.05, 3.63) is 41.7 Å². The molecule has 3 heteroatoms. The molecule has 0 N–H and O–H groups in total. The van der Waals surface area contributed by atoms with E-state index >= 15 is 0 Å². The molecule has 0 aliphatic carbocycles. The van der Waals surface area contributed by atoms with Gasteiger partial charge in [-0.2, -0.15) is 0 Å². The summed E-state index contributed by atoms with van der Waals surface area (Å²) in [7, 11) is 0. The lowest BCUT2D eigenvalue weighted by Gasteiger charge is -2.09. The number of hydrogen-bond donors (Lipinski definition) is 0. The molecule has 0 aliphatic rings. The molecule has 0 unspecified atom stereocenters. The van der Waals surface area contributed by atoms with Crippen LogP contribution in [-0.4, -0.2) is 15.8 Å². The standard InChI is InChI=1S/C12H14N2S/c1-9-4-5-11(10(2)8-9)14-7-6-13-12(14)15-3/h4-8H,1-3H3. The van der Waals surface area contributed by atoms with Crippen LogP contribution in [0.1, 0.15) is 11.1 Å². The second-order valence-corrected chi connectivity index (χ2v) is 4.35. The van der Waals surface area contributed by atoms with Crippen LogP contribution in [0.4, 0.5) is 0 Å². The Kier molecular flexibility index (Phi) is 2.82. The lowest BCUT2D eigenvalue weighted by atomic mass is 10.1. The van der Waals surface area contributed by atoms with Crippen molar-refractivity contribution in [1.29, 1.82) is 0 Å². The van der Waals surface area contributed by atoms with Crippen LogP contribution in [-0.2, 0) is 0 Å². The number of rotatable bonds is 2. The summed E-state index contributed by atoms with van der Waals surface area (Å²) in [5, 5.41) is 1.03. The molecular formula is C12H14N2S. The van der Waals surface area contributed by atoms with E-state index in [1.807, 2.05) is 18.6 Å². The predicted octanol–water partition coefficient (Wildman–Crippen LogP) is 3.21. The number of hydrogen-bond acceptors (Lipinski definition) is 2. The van der Waals surface area contributed by atoms with E-state index in [9.17, 15) is 0 Å². The van der Waals surface area contributed by atoms with Gasteiger partial charge in [-0.15, -0.1) is 0 Å². The second-order valence-electron chi connectivity index (χ2n) is 3.57. The number of benzene rings is 1. The van der Waals surface area contributed by atoms with Gasteiger partial charge in [0, 0.05) is 12.4 Å². The number of thioether (sulfide) groups is 1. The number of aromatic nitrogens is 2. The number of nitrogens with zero attached hydrogens (tertiary/aromatic N) is 2. The van der Waals surface area contributed by atoms with Crippen LogP contribution in [0.25, 0.3) is 5.69 Å². The van der Waals surface area contributed by atoms with Crippen LogP contribution in [0.15, 0.2) is 35.7 Å². The highest BCUT2D eigenvalue weighted by Crippen LogP contribution is 2.21. The first kappa shape index (κ1) is 10.3. The molecular weight excluding hydrogens is 204 g/mol. The zero-order chi connectivity index (χ0) is 10.8. The zero-order valence-electron chi connectivity index (χ0n) is 9.19. The van der Waals surface area contributed by atoms with Crippen molar-refractivity contribution in [2.24, 2.45) is 0 Å². The minimum absolute atomic E-state index is 1.03. The Bertz CT molecular complexity index is 474. The van der Waals surface area contributed by atoms with Gasteiger partial charge >= 0.3 is 0 Å². The molecule has 78 valence electrons. The minimum atomic E-state index is 1.03. The minimum Gasteiger partial charge on any atom is -0.295 e. The summed E-state index contributed by atoms with van der Waals surface area (Å²) in [6, 6.07) is 6.47. The molecule has 0 aliphatic heterocycles. The van der Waals surface area contributed by atoms with Crippen molar-refractivity contribution in [3.8, 4) is 5.69 Å². The quantitative estimate of drug-likeness (QED) is 0.720. The largest absolute Gasteiger partial charge is 0.295 e. The Balaban J connectivity index is 2.54. The van der Waals surface area contributed by atoms with Crippen LogP contribution < -0.4 is 0 Å². The van der Waals surface area contributed by atoms with E-state index in [4.69, 9.17) is 0 Å². The van der Waals surface area contributed by atoms with E-state index < -0.39 is 0 Å². The number of aryl methyl sites for hydroxylation is 2. The molecule has 0 amide bonds. The van der Waals surface area contributed by atoms with Crippen LogP contribution >= 0.6 is 11.8 Å². The van der Waals surface area contributed by atoms with Gasteiger partial charge in [-0.1, -0.05) is 29.5 Å². The summed E-state index contributed by atoms with van der Waals surface area (Å²) in [6.45, 7) is 4.24. The Morgan fingerprint density at radius 3 is 2.73 bits per heavy atom. The molecule has 0 atom stereocenters. The summed E-state index contributed by atoms with van der Waals surface area (Å²) in [4.78, 5) is 4.30. The Morgan fingerprint density at radius 2 is 2.07 bits per heavy atom. The highest BCUT2D eigenvalue weighted by Gasteiger charge is 2.05. The second kappa shape index (κ2) is 4.11. The van der Waals surface area contributed by atoms with Gasteiger partial charge in [0.05, 0.1) is 5.69 Å². The first-order chi connectivity index (χ1) is 7.22. The molecule has 1 aromatic heterocycles. The summed E-state index contributed by atoms with van der Waals surface area (Å²) >= 11 is 1.66. The molecule has 0 saturated carbocycles. The van der Waals surface area contributed by atoms with Gasteiger partial charge in [-0.3, -0.25) is 4.57 Å². The fourth-order valence-electron chi connectivity index (χ4n) is 1.70. The molecule has 2 nitrogen and oxygen atoms in total. The summed E-state index contributed by atoms with van der Waals surface area (Å²) < 4.78 is 2.12. The van der Waals surface area contributed by atoms with Crippen molar-refractivity contribution in [2.45, 2.75) is 19.0 Å². The fraction of sp³-hybridized carbons (Fsp3) is 0.250. The maximum atomic E-state index is 4.30. The van der Waals surface area contributed by atoms with Gasteiger partial charge < -0.3 is 0 Å². The average Bonchev–Trinajstić information content (AvgIpc) is 2.65. The highest BCUT2D eigenvalue weighted by molar-refractivity contribution is 7.98. The molecule has 2 rings (SSSR count). The maximum Gasteiger partial charge on any atom is 0.172 e. The summed E-state index contributed by atoms with van der Waals surface area (Å²) in [6.07, 6.45) is 5.89. The van der Waals surface area contributed by atoms with Crippen molar-refractivity contribution in [3.63, 3.8) is 0 Å². The van der Waals surface area contributed by atoms with Crippen LogP contribution in [0.3, 0.4) is 0 Å². The number of imidazole rings is 1. The van der Waals surface area contributed by atoms with Crippen molar-refractivity contribution >= 4 is 11.8 Å². The molecule has 1 heterocycles. The monoisotopic (exact) mass is 218 g/mol. The van der Waals surface area contributed by atoms with Crippen LogP contribution in [0.5, 0.6) is 0 Å². The zero-order valence-corrected chi connectivity index (χ0v) is 10.0. The van der Waals surface area contributed by atoms with Gasteiger partial charge in [0.2, 0.25) is 0 Å².